The van der Waals surface area contributed by atoms with Gasteiger partial charge < -0.3 is 39.6 Å². The van der Waals surface area contributed by atoms with Crippen molar-refractivity contribution < 1.29 is 43.2 Å². The van der Waals surface area contributed by atoms with Gasteiger partial charge in [-0.05, 0) is 51.7 Å². The molecule has 0 radical (unpaired) electrons. The van der Waals surface area contributed by atoms with Crippen LogP contribution in [0.5, 0.6) is 17.4 Å². The molecule has 1 aromatic heterocycles. The standard InChI is InChI=1S/C34H46N4O9/c1-10-19-17-34(19,30(41)42)37-28(39)24-15-21(18-38(24)29(40)27(32(3,4)5)36-31(43)47-33(6,7)8)46-25-16-26(45-11-2)35-23-14-20(44-9)12-13-22(23)25/h10,12-14,16,19,21,24,27H,1,11,15,17-18H2,2-9H3,(H,36,43)(H,37,39)(H,41,42)/t19-,21+,24-,27+,34?/m0/s1. The van der Waals surface area contributed by atoms with Crippen molar-refractivity contribution in [3.63, 3.8) is 0 Å². The Bertz CT molecular complexity index is 1550. The SMILES string of the molecule is C=C[C@H]1CC1(NC(=O)[C@@H]1C[C@@H](Oc2cc(OCC)nc3cc(OC)ccc23)CN1C(=O)[C@@H](NC(=O)OC(C)(C)C)C(C)(C)C)C(=O)O. The molecule has 3 N–H and O–H groups in total. The first-order valence-electron chi connectivity index (χ1n) is 15.7. The van der Waals surface area contributed by atoms with Gasteiger partial charge in [0.25, 0.3) is 0 Å². The minimum atomic E-state index is -1.50. The van der Waals surface area contributed by atoms with E-state index in [0.717, 1.165) is 0 Å². The second kappa shape index (κ2) is 13.3. The van der Waals surface area contributed by atoms with Crippen LogP contribution in [0.4, 0.5) is 4.79 Å². The quantitative estimate of drug-likeness (QED) is 0.301. The predicted molar refractivity (Wildman–Crippen MR) is 173 cm³/mol. The highest BCUT2D eigenvalue weighted by molar-refractivity contribution is 5.96. The zero-order valence-electron chi connectivity index (χ0n) is 28.3. The topological polar surface area (TPSA) is 166 Å². The molecule has 2 heterocycles. The summed E-state index contributed by atoms with van der Waals surface area (Å²) in [6, 6.07) is 4.79. The number of alkyl carbamates (subject to hydrolysis) is 1. The molecule has 256 valence electrons. The van der Waals surface area contributed by atoms with Crippen molar-refractivity contribution in [3.05, 3.63) is 36.9 Å². The van der Waals surface area contributed by atoms with Gasteiger partial charge in [-0.3, -0.25) is 9.59 Å². The number of carbonyl (C=O) groups excluding carboxylic acids is 3. The van der Waals surface area contributed by atoms with Gasteiger partial charge in [0.2, 0.25) is 17.7 Å². The number of hydrogen-bond donors (Lipinski definition) is 3. The largest absolute Gasteiger partial charge is 0.497 e. The maximum absolute atomic E-state index is 14.3. The Labute approximate surface area is 275 Å². The van der Waals surface area contributed by atoms with E-state index in [1.54, 1.807) is 72.9 Å². The molecular weight excluding hydrogens is 608 g/mol. The van der Waals surface area contributed by atoms with E-state index in [0.29, 0.717) is 34.9 Å². The summed E-state index contributed by atoms with van der Waals surface area (Å²) in [6.45, 7) is 16.4. The molecule has 1 aliphatic heterocycles. The highest BCUT2D eigenvalue weighted by atomic mass is 16.6. The number of fused-ring (bicyclic) bond motifs is 1. The molecule has 2 aromatic rings. The van der Waals surface area contributed by atoms with Crippen molar-refractivity contribution in [2.24, 2.45) is 11.3 Å². The third-order valence-corrected chi connectivity index (χ3v) is 8.19. The maximum atomic E-state index is 14.3. The Hall–Kier alpha value is -4.55. The van der Waals surface area contributed by atoms with Crippen LogP contribution in [0.25, 0.3) is 10.9 Å². The number of carboxylic acids is 1. The van der Waals surface area contributed by atoms with Gasteiger partial charge in [-0.15, -0.1) is 6.58 Å². The smallest absolute Gasteiger partial charge is 0.408 e. The normalized spacial score (nSPS) is 23.0. The number of ether oxygens (including phenoxy) is 4. The number of benzene rings is 1. The van der Waals surface area contributed by atoms with E-state index in [2.05, 4.69) is 22.2 Å². The minimum absolute atomic E-state index is 0.0194. The van der Waals surface area contributed by atoms with Crippen molar-refractivity contribution in [2.75, 3.05) is 20.3 Å². The number of aromatic nitrogens is 1. The molecule has 4 rings (SSSR count). The molecule has 1 aliphatic carbocycles. The van der Waals surface area contributed by atoms with Crippen LogP contribution in [0.3, 0.4) is 0 Å². The summed E-state index contributed by atoms with van der Waals surface area (Å²) in [5, 5.41) is 16.0. The highest BCUT2D eigenvalue weighted by Crippen LogP contribution is 2.45. The fraction of sp³-hybridized carbons (Fsp3) is 0.559. The number of carbonyl (C=O) groups is 4. The van der Waals surface area contributed by atoms with Gasteiger partial charge in [-0.1, -0.05) is 26.8 Å². The minimum Gasteiger partial charge on any atom is -0.497 e. The lowest BCUT2D eigenvalue weighted by Crippen LogP contribution is -2.59. The number of nitrogens with zero attached hydrogens (tertiary/aromatic N) is 2. The van der Waals surface area contributed by atoms with Gasteiger partial charge in [0, 0.05) is 29.9 Å². The number of hydrogen-bond acceptors (Lipinski definition) is 9. The van der Waals surface area contributed by atoms with E-state index in [-0.39, 0.29) is 19.4 Å². The van der Waals surface area contributed by atoms with E-state index >= 15 is 0 Å². The molecule has 13 nitrogen and oxygen atoms in total. The molecule has 1 unspecified atom stereocenters. The third kappa shape index (κ3) is 7.88. The molecule has 47 heavy (non-hydrogen) atoms. The van der Waals surface area contributed by atoms with Gasteiger partial charge in [0.15, 0.2) is 0 Å². The fourth-order valence-corrected chi connectivity index (χ4v) is 5.71. The lowest BCUT2D eigenvalue weighted by molar-refractivity contribution is -0.146. The highest BCUT2D eigenvalue weighted by Gasteiger charge is 2.61. The van der Waals surface area contributed by atoms with E-state index in [4.69, 9.17) is 18.9 Å². The Morgan fingerprint density at radius 3 is 2.43 bits per heavy atom. The molecule has 1 saturated carbocycles. The van der Waals surface area contributed by atoms with Crippen molar-refractivity contribution in [3.8, 4) is 17.4 Å². The van der Waals surface area contributed by atoms with Crippen molar-refractivity contribution in [2.45, 2.75) is 90.6 Å². The molecule has 1 aromatic carbocycles. The Morgan fingerprint density at radius 2 is 1.87 bits per heavy atom. The second-order valence-corrected chi connectivity index (χ2v) is 14.0. The number of methoxy groups -OCH3 is 1. The first-order chi connectivity index (χ1) is 21.9. The van der Waals surface area contributed by atoms with Crippen molar-refractivity contribution in [1.29, 1.82) is 0 Å². The zero-order valence-corrected chi connectivity index (χ0v) is 28.3. The third-order valence-electron chi connectivity index (χ3n) is 8.19. The average Bonchev–Trinajstić information content (AvgIpc) is 3.53. The summed E-state index contributed by atoms with van der Waals surface area (Å²) in [6.07, 6.45) is 0.277. The maximum Gasteiger partial charge on any atom is 0.408 e. The first-order valence-corrected chi connectivity index (χ1v) is 15.7. The van der Waals surface area contributed by atoms with E-state index in [1.807, 2.05) is 6.92 Å². The van der Waals surface area contributed by atoms with Crippen LogP contribution in [-0.4, -0.2) is 88.5 Å². The van der Waals surface area contributed by atoms with Crippen molar-refractivity contribution in [1.82, 2.24) is 20.5 Å². The van der Waals surface area contributed by atoms with E-state index in [9.17, 15) is 24.3 Å². The van der Waals surface area contributed by atoms with Crippen LogP contribution >= 0.6 is 0 Å². The summed E-state index contributed by atoms with van der Waals surface area (Å²) in [7, 11) is 1.55. The lowest BCUT2D eigenvalue weighted by Gasteiger charge is -2.35. The molecule has 0 bridgehead atoms. The molecule has 2 fully saturated rings. The fourth-order valence-electron chi connectivity index (χ4n) is 5.71. The molecule has 3 amide bonds. The van der Waals surface area contributed by atoms with Crippen LogP contribution in [0.2, 0.25) is 0 Å². The van der Waals surface area contributed by atoms with Gasteiger partial charge in [-0.25, -0.2) is 14.6 Å². The summed E-state index contributed by atoms with van der Waals surface area (Å²) < 4.78 is 23.0. The van der Waals surface area contributed by atoms with Crippen molar-refractivity contribution >= 4 is 34.8 Å². The summed E-state index contributed by atoms with van der Waals surface area (Å²) >= 11 is 0. The number of rotatable bonds is 11. The lowest BCUT2D eigenvalue weighted by atomic mass is 9.85. The van der Waals surface area contributed by atoms with E-state index in [1.165, 1.54) is 11.0 Å². The number of aliphatic carboxylic acids is 1. The Kier molecular flexibility index (Phi) is 9.98. The van der Waals surface area contributed by atoms with Gasteiger partial charge >= 0.3 is 12.1 Å². The summed E-state index contributed by atoms with van der Waals surface area (Å²) in [4.78, 5) is 59.1. The summed E-state index contributed by atoms with van der Waals surface area (Å²) in [5.74, 6) is -1.46. The molecule has 0 spiro atoms. The molecule has 2 aliphatic rings. The molecule has 13 heteroatoms. The summed E-state index contributed by atoms with van der Waals surface area (Å²) in [5.41, 5.74) is -2.53. The van der Waals surface area contributed by atoms with Gasteiger partial charge in [-0.2, -0.15) is 0 Å². The number of nitrogens with one attached hydrogen (secondary N) is 2. The predicted octanol–water partition coefficient (Wildman–Crippen LogP) is 4.08. The Balaban J connectivity index is 1.69. The van der Waals surface area contributed by atoms with Gasteiger partial charge in [0.05, 0.1) is 25.8 Å². The monoisotopic (exact) mass is 654 g/mol. The molecular formula is C34H46N4O9. The first kappa shape index (κ1) is 35.3. The van der Waals surface area contributed by atoms with Crippen LogP contribution in [-0.2, 0) is 19.1 Å². The van der Waals surface area contributed by atoms with Crippen LogP contribution < -0.4 is 24.8 Å². The van der Waals surface area contributed by atoms with Gasteiger partial charge in [0.1, 0.15) is 40.8 Å². The Morgan fingerprint density at radius 1 is 1.17 bits per heavy atom. The number of pyridine rings is 1. The number of likely N-dealkylation sites (tertiary alicyclic amines) is 1. The average molecular weight is 655 g/mol. The van der Waals surface area contributed by atoms with Crippen LogP contribution in [0.15, 0.2) is 36.9 Å². The number of carboxylic acid groups (broad SMARTS) is 1. The molecule has 1 saturated heterocycles. The second-order valence-electron chi connectivity index (χ2n) is 14.0. The zero-order chi connectivity index (χ0) is 34.9. The van der Waals surface area contributed by atoms with Crippen LogP contribution in [0.1, 0.15) is 61.3 Å². The molecule has 5 atom stereocenters. The number of amides is 3. The van der Waals surface area contributed by atoms with Crippen LogP contribution in [0, 0.1) is 11.3 Å². The van der Waals surface area contributed by atoms with E-state index < -0.39 is 64.5 Å².